The summed E-state index contributed by atoms with van der Waals surface area (Å²) in [7, 11) is 0. The number of carbonyl (C=O) groups is 2. The van der Waals surface area contributed by atoms with E-state index in [-0.39, 0.29) is 11.3 Å². The van der Waals surface area contributed by atoms with Crippen LogP contribution in [0.2, 0.25) is 0 Å². The third kappa shape index (κ3) is 1.62. The lowest BCUT2D eigenvalue weighted by Gasteiger charge is -2.34. The van der Waals surface area contributed by atoms with E-state index in [1.807, 2.05) is 47.6 Å². The fraction of sp³-hybridized carbons (Fsp3) is 0.733. The number of hydrogen-bond acceptors (Lipinski definition) is 2. The van der Waals surface area contributed by atoms with Crippen molar-refractivity contribution in [2.45, 2.75) is 45.9 Å². The zero-order chi connectivity index (χ0) is 15.0. The van der Waals surface area contributed by atoms with E-state index < -0.39 is 26.7 Å². The minimum atomic E-state index is -1.18. The van der Waals surface area contributed by atoms with Crippen LogP contribution in [-0.2, 0) is 9.59 Å². The molecule has 0 N–H and O–H groups in total. The summed E-state index contributed by atoms with van der Waals surface area (Å²) < 4.78 is -1.18. The average molecular weight is 303 g/mol. The Kier molecular flexibility index (Phi) is 2.89. The first kappa shape index (κ1) is 15.1. The molecule has 1 fully saturated rings. The number of Topliss-reactive ketones (excluding diaryl/α,β-unsaturated/α-hetero) is 2. The van der Waals surface area contributed by atoms with Gasteiger partial charge in [0.15, 0.2) is 0 Å². The molecule has 0 aromatic rings. The molecule has 2 rings (SSSR count). The van der Waals surface area contributed by atoms with Gasteiger partial charge in [0, 0.05) is 11.5 Å². The molecule has 0 radical (unpaired) electrons. The zero-order valence-corrected chi connectivity index (χ0v) is 13.7. The highest BCUT2D eigenvalue weighted by Gasteiger charge is 2.85. The van der Waals surface area contributed by atoms with Crippen molar-refractivity contribution < 1.29 is 9.59 Å². The van der Waals surface area contributed by atoms with Crippen LogP contribution in [-0.4, -0.2) is 15.9 Å². The van der Waals surface area contributed by atoms with E-state index in [4.69, 9.17) is 23.2 Å². The van der Waals surface area contributed by atoms with Gasteiger partial charge in [0.05, 0.1) is 5.41 Å². The molecule has 0 amide bonds. The quantitative estimate of drug-likeness (QED) is 0.501. The average Bonchev–Trinajstić information content (AvgIpc) is 2.68. The molecule has 106 valence electrons. The van der Waals surface area contributed by atoms with Crippen molar-refractivity contribution in [2.24, 2.45) is 22.2 Å². The number of rotatable bonds is 0. The smallest absolute Gasteiger partial charge is 0.225 e. The van der Waals surface area contributed by atoms with Gasteiger partial charge in [-0.05, 0) is 10.8 Å². The second-order valence-electron chi connectivity index (χ2n) is 7.65. The van der Waals surface area contributed by atoms with E-state index in [1.54, 1.807) is 0 Å². The van der Waals surface area contributed by atoms with Gasteiger partial charge in [-0.3, -0.25) is 9.59 Å². The molecule has 4 heteroatoms. The van der Waals surface area contributed by atoms with E-state index >= 15 is 0 Å². The Morgan fingerprint density at radius 1 is 1.05 bits per heavy atom. The minimum Gasteiger partial charge on any atom is -0.290 e. The second kappa shape index (κ2) is 3.65. The van der Waals surface area contributed by atoms with E-state index in [9.17, 15) is 9.59 Å². The summed E-state index contributed by atoms with van der Waals surface area (Å²) in [6.07, 6.45) is 1.83. The van der Waals surface area contributed by atoms with Crippen LogP contribution in [0.3, 0.4) is 0 Å². The Balaban J connectivity index is 2.63. The monoisotopic (exact) mass is 302 g/mol. The van der Waals surface area contributed by atoms with Crippen molar-refractivity contribution in [3.63, 3.8) is 0 Å². The predicted molar refractivity (Wildman–Crippen MR) is 77.4 cm³/mol. The van der Waals surface area contributed by atoms with Gasteiger partial charge in [0.1, 0.15) is 4.33 Å². The van der Waals surface area contributed by atoms with Crippen molar-refractivity contribution in [2.75, 3.05) is 0 Å². The highest BCUT2D eigenvalue weighted by Crippen LogP contribution is 2.78. The summed E-state index contributed by atoms with van der Waals surface area (Å²) in [6, 6.07) is 0. The molecule has 0 spiro atoms. The summed E-state index contributed by atoms with van der Waals surface area (Å²) in [5.41, 5.74) is -1.27. The molecule has 2 aliphatic carbocycles. The van der Waals surface area contributed by atoms with Gasteiger partial charge in [-0.2, -0.15) is 0 Å². The molecule has 2 atom stereocenters. The van der Waals surface area contributed by atoms with Crippen LogP contribution < -0.4 is 0 Å². The number of hydrogen-bond donors (Lipinski definition) is 0. The van der Waals surface area contributed by atoms with E-state index in [0.29, 0.717) is 5.57 Å². The maximum atomic E-state index is 12.6. The fourth-order valence-corrected chi connectivity index (χ4v) is 4.71. The number of carbonyl (C=O) groups excluding carboxylic acids is 2. The minimum absolute atomic E-state index is 0.275. The molecule has 0 aromatic heterocycles. The largest absolute Gasteiger partial charge is 0.290 e. The van der Waals surface area contributed by atoms with E-state index in [0.717, 1.165) is 0 Å². The maximum absolute atomic E-state index is 12.6. The molecule has 2 unspecified atom stereocenters. The van der Waals surface area contributed by atoms with E-state index in [1.165, 1.54) is 0 Å². The van der Waals surface area contributed by atoms with Gasteiger partial charge >= 0.3 is 0 Å². The van der Waals surface area contributed by atoms with E-state index in [2.05, 4.69) is 0 Å². The highest BCUT2D eigenvalue weighted by atomic mass is 35.5. The first-order valence-corrected chi connectivity index (χ1v) is 7.24. The second-order valence-corrected chi connectivity index (χ2v) is 9.03. The number of alkyl halides is 2. The third-order valence-electron chi connectivity index (χ3n) is 4.43. The SMILES string of the molecule is CC(C)(C)C1=CC2C(Cl)(Cl)C2(C(C)(C)C)C(=O)C1=O. The van der Waals surface area contributed by atoms with Crippen LogP contribution in [0, 0.1) is 22.2 Å². The number of halogens is 2. The molecule has 2 nitrogen and oxygen atoms in total. The van der Waals surface area contributed by atoms with Gasteiger partial charge in [-0.1, -0.05) is 70.8 Å². The lowest BCUT2D eigenvalue weighted by molar-refractivity contribution is -0.142. The third-order valence-corrected chi connectivity index (χ3v) is 5.50. The van der Waals surface area contributed by atoms with Crippen molar-refractivity contribution in [3.05, 3.63) is 11.6 Å². The topological polar surface area (TPSA) is 34.1 Å². The van der Waals surface area contributed by atoms with Gasteiger partial charge in [0.2, 0.25) is 11.6 Å². The maximum Gasteiger partial charge on any atom is 0.225 e. The molecule has 1 saturated carbocycles. The summed E-state index contributed by atoms with van der Waals surface area (Å²) in [6.45, 7) is 11.5. The first-order valence-electron chi connectivity index (χ1n) is 6.49. The molecule has 0 bridgehead atoms. The molecule has 0 aliphatic heterocycles. The Hall–Kier alpha value is -0.340. The molecule has 0 saturated heterocycles. The predicted octanol–water partition coefficient (Wildman–Crippen LogP) is 3.95. The van der Waals surface area contributed by atoms with Crippen molar-refractivity contribution in [3.8, 4) is 0 Å². The van der Waals surface area contributed by atoms with Crippen LogP contribution in [0.4, 0.5) is 0 Å². The lowest BCUT2D eigenvalue weighted by Crippen LogP contribution is -2.43. The standard InChI is InChI=1S/C15H20Cl2O2/c1-12(2,3)8-7-9-14(13(4,5)6,15(9,16)17)11(19)10(8)18/h7,9H,1-6H3. The van der Waals surface area contributed by atoms with Crippen molar-refractivity contribution in [1.82, 2.24) is 0 Å². The Morgan fingerprint density at radius 3 is 1.89 bits per heavy atom. The van der Waals surface area contributed by atoms with Crippen LogP contribution >= 0.6 is 23.2 Å². The van der Waals surface area contributed by atoms with Gasteiger partial charge in [0.25, 0.3) is 0 Å². The first-order chi connectivity index (χ1) is 8.29. The molecular weight excluding hydrogens is 283 g/mol. The molecule has 0 aromatic carbocycles. The lowest BCUT2D eigenvalue weighted by atomic mass is 9.66. The molecular formula is C15H20Cl2O2. The summed E-state index contributed by atoms with van der Waals surface area (Å²) in [5, 5.41) is 0. The van der Waals surface area contributed by atoms with Gasteiger partial charge < -0.3 is 0 Å². The Morgan fingerprint density at radius 2 is 1.53 bits per heavy atom. The molecule has 19 heavy (non-hydrogen) atoms. The Labute approximate surface area is 124 Å². The molecule has 2 aliphatic rings. The number of fused-ring (bicyclic) bond motifs is 1. The zero-order valence-electron chi connectivity index (χ0n) is 12.2. The fourth-order valence-electron chi connectivity index (χ4n) is 3.39. The Bertz CT molecular complexity index is 503. The summed E-state index contributed by atoms with van der Waals surface area (Å²) >= 11 is 12.8. The van der Waals surface area contributed by atoms with Gasteiger partial charge in [-0.15, -0.1) is 0 Å². The van der Waals surface area contributed by atoms with Gasteiger partial charge in [-0.25, -0.2) is 0 Å². The number of allylic oxidation sites excluding steroid dienone is 2. The van der Waals surface area contributed by atoms with Crippen LogP contribution in [0.1, 0.15) is 41.5 Å². The van der Waals surface area contributed by atoms with Crippen molar-refractivity contribution >= 4 is 34.8 Å². The molecule has 0 heterocycles. The summed E-state index contributed by atoms with van der Waals surface area (Å²) in [4.78, 5) is 25.1. The van der Waals surface area contributed by atoms with Crippen LogP contribution in [0.5, 0.6) is 0 Å². The number of ketones is 2. The van der Waals surface area contributed by atoms with Crippen molar-refractivity contribution in [1.29, 1.82) is 0 Å². The van der Waals surface area contributed by atoms with Crippen LogP contribution in [0.25, 0.3) is 0 Å². The van der Waals surface area contributed by atoms with Crippen LogP contribution in [0.15, 0.2) is 11.6 Å². The summed E-state index contributed by atoms with van der Waals surface area (Å²) in [5.74, 6) is -1.13. The normalized spacial score (nSPS) is 33.9. The highest BCUT2D eigenvalue weighted by molar-refractivity contribution is 6.60.